The van der Waals surface area contributed by atoms with Gasteiger partial charge in [0.1, 0.15) is 10.7 Å². The van der Waals surface area contributed by atoms with Crippen LogP contribution in [0.5, 0.6) is 11.6 Å². The summed E-state index contributed by atoms with van der Waals surface area (Å²) in [6.45, 7) is 3.53. The number of hydrogen-bond donors (Lipinski definition) is 1. The molecule has 0 radical (unpaired) electrons. The highest BCUT2D eigenvalue weighted by Crippen LogP contribution is 2.26. The molecule has 2 N–H and O–H groups in total. The molecular formula is C13H11F2N3OS. The van der Waals surface area contributed by atoms with E-state index in [0.29, 0.717) is 11.3 Å². The van der Waals surface area contributed by atoms with Crippen molar-refractivity contribution in [2.24, 2.45) is 5.73 Å². The Hall–Kier alpha value is -2.15. The molecule has 104 valence electrons. The number of halogens is 2. The van der Waals surface area contributed by atoms with Gasteiger partial charge >= 0.3 is 0 Å². The third-order valence-electron chi connectivity index (χ3n) is 2.77. The van der Waals surface area contributed by atoms with Gasteiger partial charge in [0.15, 0.2) is 11.6 Å². The lowest BCUT2D eigenvalue weighted by Gasteiger charge is -2.12. The summed E-state index contributed by atoms with van der Waals surface area (Å²) >= 11 is 4.96. The topological polar surface area (TPSA) is 61.0 Å². The van der Waals surface area contributed by atoms with Gasteiger partial charge in [-0.3, -0.25) is 0 Å². The summed E-state index contributed by atoms with van der Waals surface area (Å²) in [5, 5.41) is 7.75. The third-order valence-corrected chi connectivity index (χ3v) is 2.98. The van der Waals surface area contributed by atoms with E-state index in [0.717, 1.165) is 17.7 Å². The standard InChI is InChI=1S/C13H11F2N3OS/c1-6-7(2)17-18-13(11(6)12(16)20)19-8-3-4-9(14)10(15)5-8/h3-5H,1-2H3,(H2,16,20). The first-order valence-corrected chi connectivity index (χ1v) is 6.07. The molecule has 20 heavy (non-hydrogen) atoms. The van der Waals surface area contributed by atoms with Gasteiger partial charge in [0, 0.05) is 6.07 Å². The Labute approximate surface area is 119 Å². The molecular weight excluding hydrogens is 284 g/mol. The largest absolute Gasteiger partial charge is 0.437 e. The summed E-state index contributed by atoms with van der Waals surface area (Å²) in [6, 6.07) is 3.15. The minimum absolute atomic E-state index is 0.0617. The number of nitrogens with two attached hydrogens (primary N) is 1. The van der Waals surface area contributed by atoms with E-state index in [1.54, 1.807) is 13.8 Å². The predicted molar refractivity (Wildman–Crippen MR) is 73.8 cm³/mol. The van der Waals surface area contributed by atoms with Crippen LogP contribution in [0.3, 0.4) is 0 Å². The fraction of sp³-hybridized carbons (Fsp3) is 0.154. The maximum absolute atomic E-state index is 13.1. The first kappa shape index (κ1) is 14.3. The van der Waals surface area contributed by atoms with Crippen molar-refractivity contribution in [3.63, 3.8) is 0 Å². The van der Waals surface area contributed by atoms with Gasteiger partial charge in [-0.2, -0.15) is 5.10 Å². The SMILES string of the molecule is Cc1nnc(Oc2ccc(F)c(F)c2)c(C(N)=S)c1C. The van der Waals surface area contributed by atoms with Gasteiger partial charge < -0.3 is 10.5 Å². The average Bonchev–Trinajstić information content (AvgIpc) is 2.38. The molecule has 1 aromatic carbocycles. The molecule has 2 aromatic rings. The summed E-state index contributed by atoms with van der Waals surface area (Å²) in [5.41, 5.74) is 7.45. The first-order valence-electron chi connectivity index (χ1n) is 5.66. The van der Waals surface area contributed by atoms with E-state index in [1.165, 1.54) is 6.07 Å². The van der Waals surface area contributed by atoms with Gasteiger partial charge in [0.25, 0.3) is 0 Å². The smallest absolute Gasteiger partial charge is 0.249 e. The lowest BCUT2D eigenvalue weighted by atomic mass is 10.1. The maximum atomic E-state index is 13.1. The molecule has 0 aliphatic carbocycles. The van der Waals surface area contributed by atoms with Crippen LogP contribution in [-0.2, 0) is 0 Å². The number of aromatic nitrogens is 2. The first-order chi connectivity index (χ1) is 9.40. The lowest BCUT2D eigenvalue weighted by Crippen LogP contribution is -2.15. The minimum atomic E-state index is -1.02. The van der Waals surface area contributed by atoms with Crippen LogP contribution in [0.4, 0.5) is 8.78 Å². The Morgan fingerprint density at radius 3 is 2.50 bits per heavy atom. The number of ether oxygens (including phenoxy) is 1. The highest BCUT2D eigenvalue weighted by molar-refractivity contribution is 7.80. The van der Waals surface area contributed by atoms with Crippen LogP contribution in [0.15, 0.2) is 18.2 Å². The van der Waals surface area contributed by atoms with E-state index in [1.807, 2.05) is 0 Å². The Morgan fingerprint density at radius 1 is 1.20 bits per heavy atom. The van der Waals surface area contributed by atoms with Gasteiger partial charge in [0.2, 0.25) is 5.88 Å². The van der Waals surface area contributed by atoms with E-state index in [4.69, 9.17) is 22.7 Å². The number of hydrogen-bond acceptors (Lipinski definition) is 4. The number of thiocarbonyl (C=S) groups is 1. The van der Waals surface area contributed by atoms with E-state index in [2.05, 4.69) is 10.2 Å². The van der Waals surface area contributed by atoms with E-state index < -0.39 is 11.6 Å². The van der Waals surface area contributed by atoms with Crippen molar-refractivity contribution in [3.05, 3.63) is 46.7 Å². The van der Waals surface area contributed by atoms with Crippen LogP contribution >= 0.6 is 12.2 Å². The molecule has 2 rings (SSSR count). The number of aryl methyl sites for hydroxylation is 1. The van der Waals surface area contributed by atoms with Gasteiger partial charge in [-0.25, -0.2) is 8.78 Å². The molecule has 1 aromatic heterocycles. The number of nitrogens with zero attached hydrogens (tertiary/aromatic N) is 2. The molecule has 1 heterocycles. The maximum Gasteiger partial charge on any atom is 0.249 e. The molecule has 0 aliphatic heterocycles. The highest BCUT2D eigenvalue weighted by Gasteiger charge is 2.16. The second-order valence-corrected chi connectivity index (χ2v) is 4.57. The Bertz CT molecular complexity index is 692. The number of benzene rings is 1. The monoisotopic (exact) mass is 295 g/mol. The van der Waals surface area contributed by atoms with Gasteiger partial charge in [-0.1, -0.05) is 12.2 Å². The van der Waals surface area contributed by atoms with Crippen LogP contribution in [0.25, 0.3) is 0 Å². The molecule has 4 nitrogen and oxygen atoms in total. The molecule has 0 bridgehead atoms. The normalized spacial score (nSPS) is 10.4. The molecule has 0 atom stereocenters. The molecule has 0 saturated heterocycles. The fourth-order valence-corrected chi connectivity index (χ4v) is 1.84. The Balaban J connectivity index is 2.45. The summed E-state index contributed by atoms with van der Waals surface area (Å²) in [4.78, 5) is 0.0954. The van der Waals surface area contributed by atoms with Crippen molar-refractivity contribution >= 4 is 17.2 Å². The van der Waals surface area contributed by atoms with Crippen molar-refractivity contribution in [3.8, 4) is 11.6 Å². The average molecular weight is 295 g/mol. The van der Waals surface area contributed by atoms with Crippen LogP contribution < -0.4 is 10.5 Å². The fourth-order valence-electron chi connectivity index (χ4n) is 1.60. The molecule has 0 amide bonds. The predicted octanol–water partition coefficient (Wildman–Crippen LogP) is 2.80. The van der Waals surface area contributed by atoms with Crippen LogP contribution in [0.1, 0.15) is 16.8 Å². The van der Waals surface area contributed by atoms with Crippen molar-refractivity contribution in [1.82, 2.24) is 10.2 Å². The van der Waals surface area contributed by atoms with Gasteiger partial charge in [-0.05, 0) is 31.5 Å². The van der Waals surface area contributed by atoms with Crippen LogP contribution in [0.2, 0.25) is 0 Å². The lowest BCUT2D eigenvalue weighted by molar-refractivity contribution is 0.440. The van der Waals surface area contributed by atoms with E-state index in [-0.39, 0.29) is 16.6 Å². The van der Waals surface area contributed by atoms with E-state index >= 15 is 0 Å². The second kappa shape index (κ2) is 5.46. The molecule has 0 fully saturated rings. The number of rotatable bonds is 3. The zero-order valence-corrected chi connectivity index (χ0v) is 11.6. The molecule has 7 heteroatoms. The van der Waals surface area contributed by atoms with Crippen molar-refractivity contribution < 1.29 is 13.5 Å². The molecule has 0 spiro atoms. The van der Waals surface area contributed by atoms with Crippen molar-refractivity contribution in [2.45, 2.75) is 13.8 Å². The second-order valence-electron chi connectivity index (χ2n) is 4.13. The van der Waals surface area contributed by atoms with Gasteiger partial charge in [0.05, 0.1) is 11.3 Å². The summed E-state index contributed by atoms with van der Waals surface area (Å²) in [6.07, 6.45) is 0. The van der Waals surface area contributed by atoms with Gasteiger partial charge in [-0.15, -0.1) is 5.10 Å². The zero-order chi connectivity index (χ0) is 14.9. The third kappa shape index (κ3) is 2.72. The summed E-state index contributed by atoms with van der Waals surface area (Å²) < 4.78 is 31.4. The quantitative estimate of drug-likeness (QED) is 0.882. The Morgan fingerprint density at radius 2 is 1.90 bits per heavy atom. The van der Waals surface area contributed by atoms with E-state index in [9.17, 15) is 8.78 Å². The molecule has 0 unspecified atom stereocenters. The summed E-state index contributed by atoms with van der Waals surface area (Å²) in [7, 11) is 0. The van der Waals surface area contributed by atoms with Crippen molar-refractivity contribution in [1.29, 1.82) is 0 Å². The van der Waals surface area contributed by atoms with Crippen molar-refractivity contribution in [2.75, 3.05) is 0 Å². The summed E-state index contributed by atoms with van der Waals surface area (Å²) in [5.74, 6) is -1.83. The zero-order valence-electron chi connectivity index (χ0n) is 10.8. The molecule has 0 aliphatic rings. The van der Waals surface area contributed by atoms with Crippen LogP contribution in [0, 0.1) is 25.5 Å². The Kier molecular flexibility index (Phi) is 3.89. The molecule has 0 saturated carbocycles. The highest BCUT2D eigenvalue weighted by atomic mass is 32.1. The minimum Gasteiger partial charge on any atom is -0.437 e. The van der Waals surface area contributed by atoms with Crippen LogP contribution in [-0.4, -0.2) is 15.2 Å².